The van der Waals surface area contributed by atoms with E-state index in [0.29, 0.717) is 35.4 Å². The molecule has 1 aliphatic heterocycles. The summed E-state index contributed by atoms with van der Waals surface area (Å²) in [5.74, 6) is 2.15. The Morgan fingerprint density at radius 3 is 2.85 bits per heavy atom. The van der Waals surface area contributed by atoms with Gasteiger partial charge < -0.3 is 18.9 Å². The predicted molar refractivity (Wildman–Crippen MR) is 125 cm³/mol. The summed E-state index contributed by atoms with van der Waals surface area (Å²) in [7, 11) is 1.62. The molecule has 33 heavy (non-hydrogen) atoms. The first-order chi connectivity index (χ1) is 16.3. The average Bonchev–Trinajstić information content (AvgIpc) is 3.29. The monoisotopic (exact) mass is 453 g/mol. The summed E-state index contributed by atoms with van der Waals surface area (Å²) in [6.07, 6.45) is 8.37. The summed E-state index contributed by atoms with van der Waals surface area (Å²) in [6, 6.07) is 5.60. The van der Waals surface area contributed by atoms with Crippen molar-refractivity contribution in [1.29, 1.82) is 0 Å². The van der Waals surface area contributed by atoms with Crippen molar-refractivity contribution in [3.63, 3.8) is 0 Å². The highest BCUT2D eigenvalue weighted by Crippen LogP contribution is 2.35. The molecule has 1 saturated heterocycles. The summed E-state index contributed by atoms with van der Waals surface area (Å²) in [5, 5.41) is 7.99. The second kappa shape index (κ2) is 11.6. The molecule has 0 radical (unpaired) electrons. The van der Waals surface area contributed by atoms with Crippen LogP contribution in [0.2, 0.25) is 0 Å². The third-order valence-electron chi connectivity index (χ3n) is 5.49. The van der Waals surface area contributed by atoms with Gasteiger partial charge in [-0.1, -0.05) is 12.2 Å². The molecule has 3 heterocycles. The zero-order valence-electron chi connectivity index (χ0n) is 19.2. The van der Waals surface area contributed by atoms with E-state index >= 15 is 0 Å². The first-order valence-electron chi connectivity index (χ1n) is 11.4. The number of ether oxygens (including phenoxy) is 4. The number of hydrogen-bond acceptors (Lipinski definition) is 8. The zero-order chi connectivity index (χ0) is 22.9. The first kappa shape index (κ1) is 23.0. The highest BCUT2D eigenvalue weighted by atomic mass is 16.5. The van der Waals surface area contributed by atoms with Crippen molar-refractivity contribution < 1.29 is 18.9 Å². The molecule has 0 aliphatic carbocycles. The van der Waals surface area contributed by atoms with Gasteiger partial charge in [0.1, 0.15) is 6.33 Å². The van der Waals surface area contributed by atoms with Crippen LogP contribution in [0.5, 0.6) is 23.3 Å². The van der Waals surface area contributed by atoms with Crippen LogP contribution in [0.25, 0.3) is 10.9 Å². The van der Waals surface area contributed by atoms with Gasteiger partial charge in [0.25, 0.3) is 0 Å². The molecule has 9 nitrogen and oxygen atoms in total. The fourth-order valence-electron chi connectivity index (χ4n) is 3.71. The first-order valence-corrected chi connectivity index (χ1v) is 11.4. The number of H-pyrrole nitrogens is 1. The number of rotatable bonds is 11. The van der Waals surface area contributed by atoms with Crippen molar-refractivity contribution in [3.05, 3.63) is 42.4 Å². The highest BCUT2D eigenvalue weighted by Gasteiger charge is 2.15. The molecule has 1 N–H and O–H groups in total. The molecule has 0 unspecified atom stereocenters. The SMILES string of the molecule is C/C=C/CCc1cc(Oc2ncnc3cc(OCCCN4CCOCC4)c(OC)cc23)n[nH]1. The predicted octanol–water partition coefficient (Wildman–Crippen LogP) is 3.76. The average molecular weight is 454 g/mol. The number of nitrogens with one attached hydrogen (secondary N) is 1. The van der Waals surface area contributed by atoms with E-state index in [0.717, 1.165) is 63.2 Å². The van der Waals surface area contributed by atoms with Gasteiger partial charge in [0, 0.05) is 37.5 Å². The molecule has 0 amide bonds. The summed E-state index contributed by atoms with van der Waals surface area (Å²) in [5.41, 5.74) is 1.72. The molecule has 1 aromatic carbocycles. The van der Waals surface area contributed by atoms with Gasteiger partial charge in [-0.05, 0) is 32.3 Å². The Morgan fingerprint density at radius 2 is 2.03 bits per heavy atom. The number of hydrogen-bond donors (Lipinski definition) is 1. The second-order valence-corrected chi connectivity index (χ2v) is 7.80. The number of nitrogens with zero attached hydrogens (tertiary/aromatic N) is 4. The Morgan fingerprint density at radius 1 is 1.15 bits per heavy atom. The van der Waals surface area contributed by atoms with Crippen molar-refractivity contribution >= 4 is 10.9 Å². The molecule has 0 atom stereocenters. The van der Waals surface area contributed by atoms with Gasteiger partial charge in [0.2, 0.25) is 11.8 Å². The van der Waals surface area contributed by atoms with E-state index in [2.05, 4.69) is 31.1 Å². The molecule has 3 aromatic rings. The smallest absolute Gasteiger partial charge is 0.240 e. The van der Waals surface area contributed by atoms with Crippen LogP contribution < -0.4 is 14.2 Å². The zero-order valence-corrected chi connectivity index (χ0v) is 19.2. The highest BCUT2D eigenvalue weighted by molar-refractivity contribution is 5.86. The number of aryl methyl sites for hydroxylation is 1. The van der Waals surface area contributed by atoms with Crippen LogP contribution in [0.15, 0.2) is 36.7 Å². The van der Waals surface area contributed by atoms with Crippen LogP contribution in [0.4, 0.5) is 0 Å². The molecule has 176 valence electrons. The van der Waals surface area contributed by atoms with E-state index in [1.54, 1.807) is 7.11 Å². The third-order valence-corrected chi connectivity index (χ3v) is 5.49. The minimum Gasteiger partial charge on any atom is -0.493 e. The van der Waals surface area contributed by atoms with Crippen molar-refractivity contribution in [2.24, 2.45) is 0 Å². The van der Waals surface area contributed by atoms with E-state index in [1.807, 2.05) is 31.2 Å². The molecule has 9 heteroatoms. The number of fused-ring (bicyclic) bond motifs is 1. The lowest BCUT2D eigenvalue weighted by Gasteiger charge is -2.26. The summed E-state index contributed by atoms with van der Waals surface area (Å²) >= 11 is 0. The molecular formula is C24H31N5O4. The molecule has 4 rings (SSSR count). The molecule has 1 aliphatic rings. The van der Waals surface area contributed by atoms with Gasteiger partial charge in [0.15, 0.2) is 11.5 Å². The van der Waals surface area contributed by atoms with E-state index in [-0.39, 0.29) is 0 Å². The van der Waals surface area contributed by atoms with Gasteiger partial charge in [0.05, 0.1) is 37.8 Å². The maximum atomic E-state index is 6.03. The number of methoxy groups -OCH3 is 1. The van der Waals surface area contributed by atoms with Crippen molar-refractivity contribution in [2.75, 3.05) is 46.6 Å². The van der Waals surface area contributed by atoms with Gasteiger partial charge in [-0.3, -0.25) is 10.00 Å². The molecular weight excluding hydrogens is 422 g/mol. The van der Waals surface area contributed by atoms with E-state index in [4.69, 9.17) is 18.9 Å². The Bertz CT molecular complexity index is 1060. The lowest BCUT2D eigenvalue weighted by molar-refractivity contribution is 0.0357. The topological polar surface area (TPSA) is 94.6 Å². The van der Waals surface area contributed by atoms with Crippen molar-refractivity contribution in [1.82, 2.24) is 25.1 Å². The van der Waals surface area contributed by atoms with E-state index in [9.17, 15) is 0 Å². The maximum Gasteiger partial charge on any atom is 0.240 e. The van der Waals surface area contributed by atoms with Crippen LogP contribution >= 0.6 is 0 Å². The summed E-state index contributed by atoms with van der Waals surface area (Å²) in [4.78, 5) is 11.1. The minimum atomic E-state index is 0.420. The van der Waals surface area contributed by atoms with Crippen LogP contribution in [0.3, 0.4) is 0 Å². The molecule has 1 fully saturated rings. The van der Waals surface area contributed by atoms with Crippen molar-refractivity contribution in [3.8, 4) is 23.3 Å². The lowest BCUT2D eigenvalue weighted by atomic mass is 10.2. The Hall–Kier alpha value is -3.17. The summed E-state index contributed by atoms with van der Waals surface area (Å²) < 4.78 is 23.0. The second-order valence-electron chi connectivity index (χ2n) is 7.80. The van der Waals surface area contributed by atoms with Crippen LogP contribution in [-0.2, 0) is 11.2 Å². The Kier molecular flexibility index (Phi) is 8.10. The fourth-order valence-corrected chi connectivity index (χ4v) is 3.71. The van der Waals surface area contributed by atoms with Crippen LogP contribution in [0, 0.1) is 0 Å². The van der Waals surface area contributed by atoms with E-state index < -0.39 is 0 Å². The van der Waals surface area contributed by atoms with Gasteiger partial charge in [-0.25, -0.2) is 9.97 Å². The molecule has 2 aromatic heterocycles. The molecule has 0 saturated carbocycles. The normalized spacial score (nSPS) is 14.7. The third kappa shape index (κ3) is 6.21. The number of aromatic nitrogens is 4. The number of aromatic amines is 1. The van der Waals surface area contributed by atoms with Gasteiger partial charge in [-0.2, -0.15) is 0 Å². The number of benzene rings is 1. The molecule has 0 bridgehead atoms. The Labute approximate surface area is 193 Å². The lowest BCUT2D eigenvalue weighted by Crippen LogP contribution is -2.37. The van der Waals surface area contributed by atoms with Crippen molar-refractivity contribution in [2.45, 2.75) is 26.2 Å². The minimum absolute atomic E-state index is 0.420. The fraction of sp³-hybridized carbons (Fsp3) is 0.458. The maximum absolute atomic E-state index is 6.03. The van der Waals surface area contributed by atoms with Crippen LogP contribution in [-0.4, -0.2) is 71.6 Å². The number of allylic oxidation sites excluding steroid dienone is 2. The quantitative estimate of drug-likeness (QED) is 0.346. The number of morpholine rings is 1. The summed E-state index contributed by atoms with van der Waals surface area (Å²) in [6.45, 7) is 7.16. The standard InChI is InChI=1S/C24H31N5O4/c1-3-4-5-7-18-14-23(28-27-18)33-24-19-15-21(30-2)22(16-20(19)25-17-26-24)32-11-6-8-29-9-12-31-13-10-29/h3-4,14-17H,5-13H2,1-2H3,(H,27,28)/b4-3+. The van der Waals surface area contributed by atoms with Gasteiger partial charge in [-0.15, -0.1) is 5.10 Å². The molecule has 0 spiro atoms. The van der Waals surface area contributed by atoms with E-state index in [1.165, 1.54) is 6.33 Å². The van der Waals surface area contributed by atoms with Crippen LogP contribution in [0.1, 0.15) is 25.5 Å². The largest absolute Gasteiger partial charge is 0.493 e. The Balaban J connectivity index is 1.43. The van der Waals surface area contributed by atoms with Gasteiger partial charge >= 0.3 is 0 Å².